The minimum Gasteiger partial charge on any atom is -0.487 e. The van der Waals surface area contributed by atoms with Gasteiger partial charge in [0.1, 0.15) is 11.4 Å². The standard InChI is InChI=1S/C24H35N5O.HI/c1-17(16-29-19(3)13-18(2)28-29)15-26-23(25-4)27-21-14-24(11-7-8-12-24)30-22-10-6-5-9-20(21)22;/h5-6,9-10,13,17,21H,7-8,11-12,14-16H2,1-4H3,(H2,25,26,27);1H. The van der Waals surface area contributed by atoms with Crippen molar-refractivity contribution in [2.24, 2.45) is 10.9 Å². The molecule has 2 N–H and O–H groups in total. The Morgan fingerprint density at radius 2 is 2.03 bits per heavy atom. The number of ether oxygens (including phenoxy) is 1. The molecular weight excluding hydrogens is 501 g/mol. The molecule has 1 aromatic heterocycles. The molecule has 0 bridgehead atoms. The van der Waals surface area contributed by atoms with E-state index in [4.69, 9.17) is 4.74 Å². The fourth-order valence-electron chi connectivity index (χ4n) is 4.92. The number of benzene rings is 1. The number of aryl methyl sites for hydroxylation is 2. The summed E-state index contributed by atoms with van der Waals surface area (Å²) < 4.78 is 8.59. The predicted octanol–water partition coefficient (Wildman–Crippen LogP) is 4.76. The largest absolute Gasteiger partial charge is 0.487 e. The molecule has 1 saturated carbocycles. The maximum atomic E-state index is 6.49. The summed E-state index contributed by atoms with van der Waals surface area (Å²) in [5, 5.41) is 11.8. The van der Waals surface area contributed by atoms with Gasteiger partial charge in [-0.05, 0) is 57.6 Å². The fraction of sp³-hybridized carbons (Fsp3) is 0.583. The number of aromatic nitrogens is 2. The number of aliphatic imine (C=N–C) groups is 1. The summed E-state index contributed by atoms with van der Waals surface area (Å²) in [6.07, 6.45) is 5.79. The number of halogens is 1. The monoisotopic (exact) mass is 537 g/mol. The number of hydrogen-bond acceptors (Lipinski definition) is 3. The summed E-state index contributed by atoms with van der Waals surface area (Å²) in [5.74, 6) is 2.31. The van der Waals surface area contributed by atoms with Gasteiger partial charge in [-0.25, -0.2) is 0 Å². The Balaban J connectivity index is 0.00000272. The molecule has 0 amide bonds. The SMILES string of the molecule is CN=C(NCC(C)Cn1nc(C)cc1C)NC1CC2(CCCC2)Oc2ccccc21.I. The zero-order valence-corrected chi connectivity index (χ0v) is 21.5. The van der Waals surface area contributed by atoms with Gasteiger partial charge in [0.25, 0.3) is 0 Å². The van der Waals surface area contributed by atoms with Crippen molar-refractivity contribution in [1.29, 1.82) is 0 Å². The van der Waals surface area contributed by atoms with E-state index in [2.05, 4.69) is 69.6 Å². The first-order valence-corrected chi connectivity index (χ1v) is 11.2. The van der Waals surface area contributed by atoms with Gasteiger partial charge in [-0.1, -0.05) is 25.1 Å². The Kier molecular flexibility index (Phi) is 7.88. The van der Waals surface area contributed by atoms with Crippen LogP contribution in [-0.2, 0) is 6.54 Å². The van der Waals surface area contributed by atoms with Crippen LogP contribution in [0.3, 0.4) is 0 Å². The molecule has 7 heteroatoms. The summed E-state index contributed by atoms with van der Waals surface area (Å²) in [7, 11) is 1.84. The molecule has 1 aliphatic heterocycles. The van der Waals surface area contributed by atoms with Crippen LogP contribution in [0.4, 0.5) is 0 Å². The number of guanidine groups is 1. The maximum Gasteiger partial charge on any atom is 0.191 e. The van der Waals surface area contributed by atoms with E-state index in [1.54, 1.807) is 0 Å². The highest BCUT2D eigenvalue weighted by molar-refractivity contribution is 14.0. The van der Waals surface area contributed by atoms with E-state index in [1.807, 2.05) is 14.0 Å². The summed E-state index contributed by atoms with van der Waals surface area (Å²) in [6, 6.07) is 10.8. The Morgan fingerprint density at radius 1 is 1.29 bits per heavy atom. The van der Waals surface area contributed by atoms with Gasteiger partial charge < -0.3 is 15.4 Å². The van der Waals surface area contributed by atoms with Crippen LogP contribution in [0.25, 0.3) is 0 Å². The van der Waals surface area contributed by atoms with Gasteiger partial charge in [0.15, 0.2) is 5.96 Å². The minimum absolute atomic E-state index is 0. The van der Waals surface area contributed by atoms with Crippen molar-refractivity contribution in [2.45, 2.75) is 71.1 Å². The van der Waals surface area contributed by atoms with Crippen molar-refractivity contribution in [2.75, 3.05) is 13.6 Å². The van der Waals surface area contributed by atoms with Crippen LogP contribution < -0.4 is 15.4 Å². The second kappa shape index (κ2) is 10.2. The van der Waals surface area contributed by atoms with E-state index in [0.717, 1.165) is 49.8 Å². The first-order chi connectivity index (χ1) is 14.5. The number of rotatable bonds is 5. The van der Waals surface area contributed by atoms with Crippen LogP contribution in [0, 0.1) is 19.8 Å². The van der Waals surface area contributed by atoms with Crippen LogP contribution in [0.2, 0.25) is 0 Å². The lowest BCUT2D eigenvalue weighted by Crippen LogP contribution is -2.47. The van der Waals surface area contributed by atoms with Crippen LogP contribution in [0.1, 0.15) is 62.0 Å². The van der Waals surface area contributed by atoms with Crippen LogP contribution >= 0.6 is 24.0 Å². The molecule has 2 aliphatic rings. The fourth-order valence-corrected chi connectivity index (χ4v) is 4.92. The van der Waals surface area contributed by atoms with Crippen molar-refractivity contribution in [1.82, 2.24) is 20.4 Å². The molecule has 2 aromatic rings. The Hall–Kier alpha value is -1.77. The molecular formula is C24H36IN5O. The highest BCUT2D eigenvalue weighted by Crippen LogP contribution is 2.46. The van der Waals surface area contributed by atoms with Crippen LogP contribution in [-0.4, -0.2) is 34.9 Å². The molecule has 1 aromatic carbocycles. The molecule has 1 spiro atoms. The lowest BCUT2D eigenvalue weighted by atomic mass is 9.86. The van der Waals surface area contributed by atoms with Gasteiger partial charge >= 0.3 is 0 Å². The van der Waals surface area contributed by atoms with Crippen molar-refractivity contribution in [3.63, 3.8) is 0 Å². The number of fused-ring (bicyclic) bond motifs is 1. The van der Waals surface area contributed by atoms with Gasteiger partial charge in [0.2, 0.25) is 0 Å². The van der Waals surface area contributed by atoms with Crippen molar-refractivity contribution < 1.29 is 4.74 Å². The third-order valence-corrected chi connectivity index (χ3v) is 6.45. The molecule has 0 saturated heterocycles. The second-order valence-corrected chi connectivity index (χ2v) is 9.10. The zero-order valence-electron chi connectivity index (χ0n) is 19.1. The van der Waals surface area contributed by atoms with Gasteiger partial charge in [-0.15, -0.1) is 24.0 Å². The van der Waals surface area contributed by atoms with Crippen molar-refractivity contribution >= 4 is 29.9 Å². The number of nitrogens with one attached hydrogen (secondary N) is 2. The van der Waals surface area contributed by atoms with Crippen molar-refractivity contribution in [3.8, 4) is 5.75 Å². The summed E-state index contributed by atoms with van der Waals surface area (Å²) in [6.45, 7) is 8.14. The van der Waals surface area contributed by atoms with Crippen LogP contribution in [0.15, 0.2) is 35.3 Å². The third kappa shape index (κ3) is 5.54. The molecule has 1 aliphatic carbocycles. The topological polar surface area (TPSA) is 63.5 Å². The van der Waals surface area contributed by atoms with Crippen molar-refractivity contribution in [3.05, 3.63) is 47.3 Å². The number of hydrogen-bond donors (Lipinski definition) is 2. The smallest absolute Gasteiger partial charge is 0.191 e. The molecule has 1 fully saturated rings. The van der Waals surface area contributed by atoms with E-state index < -0.39 is 0 Å². The summed E-state index contributed by atoms with van der Waals surface area (Å²) in [5.41, 5.74) is 3.49. The van der Waals surface area contributed by atoms with E-state index in [-0.39, 0.29) is 35.6 Å². The van der Waals surface area contributed by atoms with E-state index in [0.29, 0.717) is 5.92 Å². The zero-order chi connectivity index (χ0) is 21.1. The summed E-state index contributed by atoms with van der Waals surface area (Å²) in [4.78, 5) is 4.50. The Bertz CT molecular complexity index is 903. The lowest BCUT2D eigenvalue weighted by Gasteiger charge is -2.40. The van der Waals surface area contributed by atoms with Gasteiger partial charge in [-0.2, -0.15) is 5.10 Å². The highest BCUT2D eigenvalue weighted by atomic mass is 127. The molecule has 170 valence electrons. The Labute approximate surface area is 203 Å². The van der Waals surface area contributed by atoms with E-state index >= 15 is 0 Å². The van der Waals surface area contributed by atoms with Crippen LogP contribution in [0.5, 0.6) is 5.75 Å². The molecule has 0 radical (unpaired) electrons. The average Bonchev–Trinajstić information content (AvgIpc) is 3.30. The lowest BCUT2D eigenvalue weighted by molar-refractivity contribution is 0.0396. The second-order valence-electron chi connectivity index (χ2n) is 9.10. The maximum absolute atomic E-state index is 6.49. The van der Waals surface area contributed by atoms with E-state index in [1.165, 1.54) is 24.1 Å². The third-order valence-electron chi connectivity index (χ3n) is 6.45. The normalized spacial score (nSPS) is 20.5. The first-order valence-electron chi connectivity index (χ1n) is 11.2. The van der Waals surface area contributed by atoms with Gasteiger partial charge in [0.05, 0.1) is 11.7 Å². The molecule has 31 heavy (non-hydrogen) atoms. The molecule has 6 nitrogen and oxygen atoms in total. The number of nitrogens with zero attached hydrogens (tertiary/aromatic N) is 3. The van der Waals surface area contributed by atoms with E-state index in [9.17, 15) is 0 Å². The minimum atomic E-state index is -0.0202. The molecule has 2 unspecified atom stereocenters. The highest BCUT2D eigenvalue weighted by Gasteiger charge is 2.43. The Morgan fingerprint density at radius 3 is 2.71 bits per heavy atom. The van der Waals surface area contributed by atoms with Gasteiger partial charge in [0, 0.05) is 37.8 Å². The van der Waals surface area contributed by atoms with Gasteiger partial charge in [-0.3, -0.25) is 9.67 Å². The molecule has 2 heterocycles. The quantitative estimate of drug-likeness (QED) is 0.328. The first kappa shape index (κ1) is 23.9. The number of para-hydroxylation sites is 1. The average molecular weight is 537 g/mol. The molecule has 4 rings (SSSR count). The molecule has 2 atom stereocenters. The predicted molar refractivity (Wildman–Crippen MR) is 136 cm³/mol. The summed E-state index contributed by atoms with van der Waals surface area (Å²) >= 11 is 0.